The molecule has 2 aromatic carbocycles. The average molecular weight is 409 g/mol. The average Bonchev–Trinajstić information content (AvgIpc) is 3.30. The molecule has 0 aromatic heterocycles. The summed E-state index contributed by atoms with van der Waals surface area (Å²) >= 11 is 0. The fraction of sp³-hybridized carbons (Fsp3) is 0.391. The topological polar surface area (TPSA) is 117 Å². The maximum absolute atomic E-state index is 12.6. The van der Waals surface area contributed by atoms with Gasteiger partial charge in [-0.2, -0.15) is 5.26 Å². The lowest BCUT2D eigenvalue weighted by molar-refractivity contribution is -0.118. The van der Waals surface area contributed by atoms with Crippen LogP contribution >= 0.6 is 0 Å². The van der Waals surface area contributed by atoms with Gasteiger partial charge in [-0.3, -0.25) is 4.79 Å². The van der Waals surface area contributed by atoms with Gasteiger partial charge in [-0.25, -0.2) is 0 Å². The number of hydrogen-bond donors (Lipinski definition) is 4. The van der Waals surface area contributed by atoms with E-state index in [1.54, 1.807) is 6.92 Å². The van der Waals surface area contributed by atoms with Crippen molar-refractivity contribution in [2.24, 2.45) is 0 Å². The molecule has 7 heteroatoms. The second-order valence-corrected chi connectivity index (χ2v) is 7.52. The van der Waals surface area contributed by atoms with Crippen LogP contribution in [0.2, 0.25) is 0 Å². The summed E-state index contributed by atoms with van der Waals surface area (Å²) in [5, 5.41) is 42.4. The number of anilines is 1. The Kier molecular flexibility index (Phi) is 7.06. The van der Waals surface area contributed by atoms with Gasteiger partial charge >= 0.3 is 0 Å². The minimum absolute atomic E-state index is 0.0450. The summed E-state index contributed by atoms with van der Waals surface area (Å²) in [6.45, 7) is 2.71. The second kappa shape index (κ2) is 9.72. The van der Waals surface area contributed by atoms with E-state index in [0.29, 0.717) is 5.57 Å². The molecule has 4 N–H and O–H groups in total. The van der Waals surface area contributed by atoms with Gasteiger partial charge in [-0.15, -0.1) is 0 Å². The second-order valence-electron chi connectivity index (χ2n) is 7.52. The van der Waals surface area contributed by atoms with Crippen molar-refractivity contribution in [3.63, 3.8) is 0 Å². The molecule has 1 heterocycles. The smallest absolute Gasteiger partial charge is 0.262 e. The molecule has 2 aromatic rings. The quantitative estimate of drug-likeness (QED) is 0.407. The van der Waals surface area contributed by atoms with Gasteiger partial charge in [0.25, 0.3) is 5.91 Å². The largest absolute Gasteiger partial charge is 0.394 e. The highest BCUT2D eigenvalue weighted by Gasteiger charge is 2.23. The summed E-state index contributed by atoms with van der Waals surface area (Å²) in [5.74, 6) is -0.625. The molecule has 1 aliphatic heterocycles. The van der Waals surface area contributed by atoms with E-state index in [0.717, 1.165) is 48.0 Å². The van der Waals surface area contributed by atoms with Crippen molar-refractivity contribution < 1.29 is 20.1 Å². The van der Waals surface area contributed by atoms with Crippen LogP contribution in [-0.4, -0.2) is 59.7 Å². The molecule has 3 rings (SSSR count). The van der Waals surface area contributed by atoms with E-state index < -0.39 is 24.7 Å². The lowest BCUT2D eigenvalue weighted by Gasteiger charge is -2.24. The van der Waals surface area contributed by atoms with E-state index in [1.165, 1.54) is 0 Å². The molecular weight excluding hydrogens is 382 g/mol. The Morgan fingerprint density at radius 3 is 2.53 bits per heavy atom. The Hall–Kier alpha value is -2.92. The van der Waals surface area contributed by atoms with E-state index in [-0.39, 0.29) is 12.1 Å². The molecule has 0 spiro atoms. The highest BCUT2D eigenvalue weighted by atomic mass is 16.4. The molecule has 30 heavy (non-hydrogen) atoms. The van der Waals surface area contributed by atoms with Crippen LogP contribution in [0.25, 0.3) is 16.3 Å². The third-order valence-corrected chi connectivity index (χ3v) is 5.54. The molecule has 0 saturated carbocycles. The molecule has 0 radical (unpaired) electrons. The molecule has 0 bridgehead atoms. The van der Waals surface area contributed by atoms with Crippen molar-refractivity contribution in [3.05, 3.63) is 47.5 Å². The number of rotatable bonds is 7. The number of nitrogens with zero attached hydrogens (tertiary/aromatic N) is 2. The molecule has 1 amide bonds. The molecule has 2 atom stereocenters. The standard InChI is InChI=1S/C23H27N3O4/c1-15(19(12-24)23(30)25-13-20(28)21(29)14-27)17-9-8-16-6-2-3-7-18(16)22(17)26-10-4-5-11-26/h2-3,6-9,20-21,27-29H,4-5,10-11,13-14H2,1H3,(H,25,30)/b19-15+. The number of carbonyl (C=O) groups is 1. The lowest BCUT2D eigenvalue weighted by atomic mass is 9.95. The zero-order chi connectivity index (χ0) is 21.7. The predicted octanol–water partition coefficient (Wildman–Crippen LogP) is 1.57. The fourth-order valence-corrected chi connectivity index (χ4v) is 3.82. The van der Waals surface area contributed by atoms with Crippen molar-refractivity contribution in [2.75, 3.05) is 31.1 Å². The number of aliphatic hydroxyl groups excluding tert-OH is 3. The number of nitrogens with one attached hydrogen (secondary N) is 1. The predicted molar refractivity (Wildman–Crippen MR) is 116 cm³/mol. The van der Waals surface area contributed by atoms with Crippen molar-refractivity contribution in [2.45, 2.75) is 32.0 Å². The fourth-order valence-electron chi connectivity index (χ4n) is 3.82. The summed E-state index contributed by atoms with van der Waals surface area (Å²) in [7, 11) is 0. The zero-order valence-corrected chi connectivity index (χ0v) is 17.0. The van der Waals surface area contributed by atoms with Crippen LogP contribution in [0, 0.1) is 11.3 Å². The van der Waals surface area contributed by atoms with Gasteiger partial charge in [0, 0.05) is 30.6 Å². The highest BCUT2D eigenvalue weighted by Crippen LogP contribution is 2.37. The van der Waals surface area contributed by atoms with Gasteiger partial charge in [0.1, 0.15) is 17.7 Å². The number of allylic oxidation sites excluding steroid dienone is 1. The first-order valence-corrected chi connectivity index (χ1v) is 10.1. The van der Waals surface area contributed by atoms with E-state index in [9.17, 15) is 20.3 Å². The molecule has 7 nitrogen and oxygen atoms in total. The molecule has 2 unspecified atom stereocenters. The molecule has 0 aliphatic carbocycles. The van der Waals surface area contributed by atoms with Crippen LogP contribution in [-0.2, 0) is 4.79 Å². The number of amides is 1. The minimum Gasteiger partial charge on any atom is -0.394 e. The van der Waals surface area contributed by atoms with Crippen molar-refractivity contribution in [3.8, 4) is 6.07 Å². The number of aliphatic hydroxyl groups is 3. The summed E-state index contributed by atoms with van der Waals surface area (Å²) < 4.78 is 0. The molecule has 1 fully saturated rings. The Morgan fingerprint density at radius 1 is 1.17 bits per heavy atom. The SMILES string of the molecule is C/C(=C(/C#N)C(=O)NCC(O)C(O)CO)c1ccc2ccccc2c1N1CCCC1. The zero-order valence-electron chi connectivity index (χ0n) is 17.0. The van der Waals surface area contributed by atoms with E-state index >= 15 is 0 Å². The van der Waals surface area contributed by atoms with Gasteiger partial charge in [0.15, 0.2) is 0 Å². The number of carbonyl (C=O) groups excluding carboxylic acids is 1. The van der Waals surface area contributed by atoms with Crippen LogP contribution in [0.4, 0.5) is 5.69 Å². The normalized spacial score (nSPS) is 16.7. The van der Waals surface area contributed by atoms with Crippen LogP contribution in [0.3, 0.4) is 0 Å². The summed E-state index contributed by atoms with van der Waals surface area (Å²) in [4.78, 5) is 14.9. The Balaban J connectivity index is 2.00. The third-order valence-electron chi connectivity index (χ3n) is 5.54. The molecule has 1 aliphatic rings. The van der Waals surface area contributed by atoms with Gasteiger partial charge < -0.3 is 25.5 Å². The maximum atomic E-state index is 12.6. The number of fused-ring (bicyclic) bond motifs is 1. The maximum Gasteiger partial charge on any atom is 0.262 e. The Labute approximate surface area is 175 Å². The van der Waals surface area contributed by atoms with Crippen LogP contribution in [0.15, 0.2) is 42.0 Å². The van der Waals surface area contributed by atoms with Gasteiger partial charge in [0.05, 0.1) is 18.4 Å². The van der Waals surface area contributed by atoms with Gasteiger partial charge in [-0.05, 0) is 30.7 Å². The lowest BCUT2D eigenvalue weighted by Crippen LogP contribution is -2.41. The first-order chi connectivity index (χ1) is 14.5. The van der Waals surface area contributed by atoms with Crippen molar-refractivity contribution in [1.82, 2.24) is 5.32 Å². The van der Waals surface area contributed by atoms with E-state index in [2.05, 4.69) is 16.3 Å². The van der Waals surface area contributed by atoms with Gasteiger partial charge in [0.2, 0.25) is 0 Å². The summed E-state index contributed by atoms with van der Waals surface area (Å²) in [5.41, 5.74) is 2.37. The molecular formula is C23H27N3O4. The van der Waals surface area contributed by atoms with E-state index in [4.69, 9.17) is 5.11 Å². The third kappa shape index (κ3) is 4.46. The van der Waals surface area contributed by atoms with Crippen molar-refractivity contribution >= 4 is 27.9 Å². The molecule has 158 valence electrons. The first kappa shape index (κ1) is 21.8. The van der Waals surface area contributed by atoms with Crippen LogP contribution in [0.1, 0.15) is 25.3 Å². The van der Waals surface area contributed by atoms with Crippen LogP contribution in [0.5, 0.6) is 0 Å². The highest BCUT2D eigenvalue weighted by molar-refractivity contribution is 6.08. The van der Waals surface area contributed by atoms with Crippen LogP contribution < -0.4 is 10.2 Å². The van der Waals surface area contributed by atoms with E-state index in [1.807, 2.05) is 36.4 Å². The molecule has 1 saturated heterocycles. The Bertz CT molecular complexity index is 990. The number of nitriles is 1. The minimum atomic E-state index is -1.36. The number of hydrogen-bond acceptors (Lipinski definition) is 6. The van der Waals surface area contributed by atoms with Crippen molar-refractivity contribution in [1.29, 1.82) is 5.26 Å². The summed E-state index contributed by atoms with van der Waals surface area (Å²) in [6.07, 6.45) is -0.479. The summed E-state index contributed by atoms with van der Waals surface area (Å²) in [6, 6.07) is 14.0. The van der Waals surface area contributed by atoms with Gasteiger partial charge in [-0.1, -0.05) is 36.4 Å². The number of benzene rings is 2. The first-order valence-electron chi connectivity index (χ1n) is 10.1. The Morgan fingerprint density at radius 2 is 1.87 bits per heavy atom. The monoisotopic (exact) mass is 409 g/mol.